The molecule has 2 aromatic heterocycles. The van der Waals surface area contributed by atoms with Crippen LogP contribution >= 0.6 is 11.3 Å². The predicted octanol–water partition coefficient (Wildman–Crippen LogP) is 2.04. The van der Waals surface area contributed by atoms with E-state index in [-0.39, 0.29) is 18.1 Å². The van der Waals surface area contributed by atoms with Gasteiger partial charge in [-0.3, -0.25) is 9.48 Å². The van der Waals surface area contributed by atoms with Crippen LogP contribution in [-0.2, 0) is 18.3 Å². The molecule has 1 amide bonds. The molecule has 0 saturated heterocycles. The molecule has 6 heteroatoms. The average Bonchev–Trinajstić information content (AvgIpc) is 3.11. The summed E-state index contributed by atoms with van der Waals surface area (Å²) in [7, 11) is 1.87. The van der Waals surface area contributed by atoms with Gasteiger partial charge in [-0.1, -0.05) is 0 Å². The van der Waals surface area contributed by atoms with Gasteiger partial charge in [-0.05, 0) is 47.6 Å². The Kier molecular flexibility index (Phi) is 4.59. The Bertz CT molecular complexity index is 617. The van der Waals surface area contributed by atoms with E-state index in [4.69, 9.17) is 0 Å². The minimum Gasteiger partial charge on any atom is -0.393 e. The van der Waals surface area contributed by atoms with Crippen molar-refractivity contribution in [3.8, 4) is 0 Å². The Hall–Kier alpha value is -1.66. The first-order valence-electron chi connectivity index (χ1n) is 7.59. The first-order valence-corrected chi connectivity index (χ1v) is 8.53. The molecule has 0 bridgehead atoms. The SMILES string of the molecule is Cn1cc(C(NC(=O)CCc2ccsc2)C2CC(O)C2)cn1. The smallest absolute Gasteiger partial charge is 0.220 e. The lowest BCUT2D eigenvalue weighted by Crippen LogP contribution is -2.41. The van der Waals surface area contributed by atoms with Crippen molar-refractivity contribution in [1.29, 1.82) is 0 Å². The monoisotopic (exact) mass is 319 g/mol. The molecule has 2 aromatic rings. The topological polar surface area (TPSA) is 67.2 Å². The van der Waals surface area contributed by atoms with Gasteiger partial charge in [-0.2, -0.15) is 16.4 Å². The number of amides is 1. The van der Waals surface area contributed by atoms with Gasteiger partial charge in [0, 0.05) is 25.2 Å². The number of thiophene rings is 1. The van der Waals surface area contributed by atoms with Crippen LogP contribution in [0, 0.1) is 5.92 Å². The summed E-state index contributed by atoms with van der Waals surface area (Å²) < 4.78 is 1.74. The number of hydrogen-bond donors (Lipinski definition) is 2. The first kappa shape index (κ1) is 15.2. The van der Waals surface area contributed by atoms with Crippen molar-refractivity contribution in [2.75, 3.05) is 0 Å². The van der Waals surface area contributed by atoms with Crippen molar-refractivity contribution in [3.63, 3.8) is 0 Å². The van der Waals surface area contributed by atoms with Gasteiger partial charge in [0.05, 0.1) is 18.3 Å². The maximum Gasteiger partial charge on any atom is 0.220 e. The Morgan fingerprint density at radius 1 is 1.59 bits per heavy atom. The molecule has 22 heavy (non-hydrogen) atoms. The van der Waals surface area contributed by atoms with Gasteiger partial charge in [0.2, 0.25) is 5.91 Å². The molecular weight excluding hydrogens is 298 g/mol. The van der Waals surface area contributed by atoms with E-state index >= 15 is 0 Å². The van der Waals surface area contributed by atoms with E-state index < -0.39 is 0 Å². The summed E-state index contributed by atoms with van der Waals surface area (Å²) in [4.78, 5) is 12.3. The van der Waals surface area contributed by atoms with E-state index in [1.807, 2.05) is 18.6 Å². The van der Waals surface area contributed by atoms with Crippen LogP contribution in [0.5, 0.6) is 0 Å². The van der Waals surface area contributed by atoms with Gasteiger partial charge < -0.3 is 10.4 Å². The number of carbonyl (C=O) groups excluding carboxylic acids is 1. The summed E-state index contributed by atoms with van der Waals surface area (Å²) in [5.74, 6) is 0.353. The number of aliphatic hydroxyl groups is 1. The minimum atomic E-state index is -0.230. The molecule has 1 unspecified atom stereocenters. The molecular formula is C16H21N3O2S. The van der Waals surface area contributed by atoms with Gasteiger partial charge >= 0.3 is 0 Å². The molecule has 0 aliphatic heterocycles. The third kappa shape index (κ3) is 3.56. The van der Waals surface area contributed by atoms with Gasteiger partial charge in [0.15, 0.2) is 0 Å². The highest BCUT2D eigenvalue weighted by Crippen LogP contribution is 2.38. The third-order valence-corrected chi connectivity index (χ3v) is 4.97. The zero-order valence-electron chi connectivity index (χ0n) is 12.6. The first-order chi connectivity index (χ1) is 10.6. The number of nitrogens with one attached hydrogen (secondary N) is 1. The second-order valence-electron chi connectivity index (χ2n) is 6.01. The maximum atomic E-state index is 12.3. The molecule has 1 aliphatic rings. The van der Waals surface area contributed by atoms with Crippen LogP contribution in [0.2, 0.25) is 0 Å². The average molecular weight is 319 g/mol. The van der Waals surface area contributed by atoms with Gasteiger partial charge in [0.25, 0.3) is 0 Å². The molecule has 0 radical (unpaired) electrons. The molecule has 5 nitrogen and oxygen atoms in total. The Labute approximate surface area is 134 Å². The van der Waals surface area contributed by atoms with Crippen LogP contribution in [-0.4, -0.2) is 26.9 Å². The molecule has 3 rings (SSSR count). The molecule has 1 fully saturated rings. The normalized spacial score (nSPS) is 22.1. The molecule has 2 N–H and O–H groups in total. The predicted molar refractivity (Wildman–Crippen MR) is 85.5 cm³/mol. The van der Waals surface area contributed by atoms with Crippen molar-refractivity contribution < 1.29 is 9.90 Å². The fraction of sp³-hybridized carbons (Fsp3) is 0.500. The summed E-state index contributed by atoms with van der Waals surface area (Å²) in [6.45, 7) is 0. The van der Waals surface area contributed by atoms with Crippen LogP contribution in [0.1, 0.15) is 36.4 Å². The Morgan fingerprint density at radius 2 is 2.41 bits per heavy atom. The molecule has 1 atom stereocenters. The number of hydrogen-bond acceptors (Lipinski definition) is 4. The quantitative estimate of drug-likeness (QED) is 0.856. The largest absolute Gasteiger partial charge is 0.393 e. The van der Waals surface area contributed by atoms with E-state index in [0.29, 0.717) is 12.3 Å². The van der Waals surface area contributed by atoms with E-state index in [2.05, 4.69) is 21.9 Å². The van der Waals surface area contributed by atoms with Gasteiger partial charge in [0.1, 0.15) is 0 Å². The number of nitrogens with zero attached hydrogens (tertiary/aromatic N) is 2. The zero-order valence-corrected chi connectivity index (χ0v) is 13.4. The fourth-order valence-electron chi connectivity index (χ4n) is 2.91. The van der Waals surface area contributed by atoms with Gasteiger partial charge in [-0.25, -0.2) is 0 Å². The summed E-state index contributed by atoms with van der Waals surface area (Å²) in [6, 6.07) is 2.01. The second kappa shape index (κ2) is 6.62. The molecule has 1 aliphatic carbocycles. The standard InChI is InChI=1S/C16H21N3O2S/c1-19-9-13(8-17-19)16(12-6-14(20)7-12)18-15(21)3-2-11-4-5-22-10-11/h4-5,8-10,12,14,16,20H,2-3,6-7H2,1H3,(H,18,21). The van der Waals surface area contributed by atoms with Crippen molar-refractivity contribution in [2.24, 2.45) is 13.0 Å². The lowest BCUT2D eigenvalue weighted by Gasteiger charge is -2.37. The lowest BCUT2D eigenvalue weighted by atomic mass is 9.75. The van der Waals surface area contributed by atoms with Crippen molar-refractivity contribution in [3.05, 3.63) is 40.3 Å². The number of rotatable bonds is 6. The van der Waals surface area contributed by atoms with Crippen molar-refractivity contribution in [1.82, 2.24) is 15.1 Å². The van der Waals surface area contributed by atoms with Crippen LogP contribution in [0.25, 0.3) is 0 Å². The van der Waals surface area contributed by atoms with Crippen molar-refractivity contribution in [2.45, 2.75) is 37.8 Å². The molecule has 0 aromatic carbocycles. The van der Waals surface area contributed by atoms with Crippen LogP contribution in [0.15, 0.2) is 29.2 Å². The second-order valence-corrected chi connectivity index (χ2v) is 6.79. The highest BCUT2D eigenvalue weighted by molar-refractivity contribution is 7.07. The van der Waals surface area contributed by atoms with Crippen molar-refractivity contribution >= 4 is 17.2 Å². The third-order valence-electron chi connectivity index (χ3n) is 4.24. The number of aryl methyl sites for hydroxylation is 2. The maximum absolute atomic E-state index is 12.3. The van der Waals surface area contributed by atoms with E-state index in [9.17, 15) is 9.90 Å². The Morgan fingerprint density at radius 3 is 3.00 bits per heavy atom. The molecule has 0 spiro atoms. The number of aliphatic hydroxyl groups excluding tert-OH is 1. The minimum absolute atomic E-state index is 0.0490. The van der Waals surface area contributed by atoms with Crippen LogP contribution in [0.3, 0.4) is 0 Å². The highest BCUT2D eigenvalue weighted by atomic mass is 32.1. The van der Waals surface area contributed by atoms with E-state index in [1.165, 1.54) is 5.56 Å². The molecule has 1 saturated carbocycles. The molecule has 118 valence electrons. The summed E-state index contributed by atoms with van der Waals surface area (Å²) in [6.07, 6.45) is 6.25. The van der Waals surface area contributed by atoms with Gasteiger partial charge in [-0.15, -0.1) is 0 Å². The summed E-state index contributed by atoms with van der Waals surface area (Å²) in [5.41, 5.74) is 2.22. The van der Waals surface area contributed by atoms with E-state index in [0.717, 1.165) is 24.8 Å². The van der Waals surface area contributed by atoms with E-state index in [1.54, 1.807) is 22.2 Å². The van der Waals surface area contributed by atoms with Crippen LogP contribution < -0.4 is 5.32 Å². The summed E-state index contributed by atoms with van der Waals surface area (Å²) in [5, 5.41) is 21.0. The zero-order chi connectivity index (χ0) is 15.5. The lowest BCUT2D eigenvalue weighted by molar-refractivity contribution is -0.123. The number of carbonyl (C=O) groups is 1. The molecule has 2 heterocycles. The highest BCUT2D eigenvalue weighted by Gasteiger charge is 2.36. The van der Waals surface area contributed by atoms with Crippen LogP contribution in [0.4, 0.5) is 0 Å². The number of aromatic nitrogens is 2. The fourth-order valence-corrected chi connectivity index (χ4v) is 3.62. The Balaban J connectivity index is 1.61. The summed E-state index contributed by atoms with van der Waals surface area (Å²) >= 11 is 1.65.